The molecule has 3 aromatic rings. The number of nitrogens with one attached hydrogen (secondary N) is 2. The van der Waals surface area contributed by atoms with Crippen molar-refractivity contribution in [3.8, 4) is 5.75 Å². The highest BCUT2D eigenvalue weighted by atomic mass is 32.2. The first-order valence-electron chi connectivity index (χ1n) is 13.8. The van der Waals surface area contributed by atoms with Crippen LogP contribution in [0.1, 0.15) is 29.8 Å². The fourth-order valence-electron chi connectivity index (χ4n) is 4.75. The minimum absolute atomic E-state index is 0.158. The maximum atomic E-state index is 13.7. The average Bonchev–Trinajstić information content (AvgIpc) is 2.98. The highest BCUT2D eigenvalue weighted by molar-refractivity contribution is 7.92. The number of anilines is 2. The van der Waals surface area contributed by atoms with Crippen molar-refractivity contribution < 1.29 is 50.2 Å². The molecule has 11 nitrogen and oxygen atoms in total. The van der Waals surface area contributed by atoms with Gasteiger partial charge in [0.15, 0.2) is 5.75 Å². The van der Waals surface area contributed by atoms with Crippen LogP contribution in [-0.4, -0.2) is 73.5 Å². The number of alkyl halides is 3. The molecule has 3 atom stereocenters. The van der Waals surface area contributed by atoms with Gasteiger partial charge in [0, 0.05) is 19.5 Å². The molecule has 3 aromatic carbocycles. The zero-order chi connectivity index (χ0) is 34.0. The summed E-state index contributed by atoms with van der Waals surface area (Å²) < 4.78 is 88.8. The summed E-state index contributed by atoms with van der Waals surface area (Å²) >= 11 is 0. The largest absolute Gasteiger partial charge is 0.485 e. The van der Waals surface area contributed by atoms with Crippen LogP contribution in [0.3, 0.4) is 0 Å². The summed E-state index contributed by atoms with van der Waals surface area (Å²) in [7, 11) is -3.05. The maximum absolute atomic E-state index is 13.7. The van der Waals surface area contributed by atoms with Gasteiger partial charge in [0.25, 0.3) is 15.9 Å². The molecule has 16 heteroatoms. The van der Waals surface area contributed by atoms with Crippen molar-refractivity contribution >= 4 is 39.3 Å². The van der Waals surface area contributed by atoms with E-state index in [1.807, 2.05) is 0 Å². The number of amides is 3. The van der Waals surface area contributed by atoms with Crippen LogP contribution in [0, 0.1) is 11.7 Å². The van der Waals surface area contributed by atoms with Crippen molar-refractivity contribution in [1.29, 1.82) is 0 Å². The Morgan fingerprint density at radius 1 is 1.07 bits per heavy atom. The van der Waals surface area contributed by atoms with Crippen molar-refractivity contribution in [2.24, 2.45) is 5.92 Å². The van der Waals surface area contributed by atoms with Gasteiger partial charge in [-0.3, -0.25) is 9.52 Å². The molecular weight excluding hydrogens is 636 g/mol. The molecule has 0 radical (unpaired) electrons. The van der Waals surface area contributed by atoms with Crippen molar-refractivity contribution in [1.82, 2.24) is 9.80 Å². The number of para-hydroxylation sites is 2. The molecule has 0 saturated carbocycles. The standard InChI is InChI=1S/C30H30F4N4O7S/c1-17-15-38(18(2)28(40)41)27(39)21-7-6-10-24(36-46(43,44)20-13-11-19(31)12-14-20)26(21)45-25(17)16-37(3)29(42)35-23-9-5-4-8-22(23)30(32,33)34/h4-14,17-18,25,36H,15-16H2,1-3H3,(H,35,42)(H,40,41)/t17-,18+,25-/m1/s1. The number of urea groups is 1. The summed E-state index contributed by atoms with van der Waals surface area (Å²) in [5.74, 6) is -3.70. The number of carboxylic acids is 1. The molecule has 0 bridgehead atoms. The summed E-state index contributed by atoms with van der Waals surface area (Å²) in [6.45, 7) is 2.47. The zero-order valence-corrected chi connectivity index (χ0v) is 25.5. The molecule has 1 aliphatic rings. The molecule has 46 heavy (non-hydrogen) atoms. The molecule has 246 valence electrons. The highest BCUT2D eigenvalue weighted by Gasteiger charge is 2.38. The minimum Gasteiger partial charge on any atom is -0.485 e. The van der Waals surface area contributed by atoms with Crippen LogP contribution >= 0.6 is 0 Å². The number of hydrogen-bond donors (Lipinski definition) is 3. The number of carboxylic acid groups (broad SMARTS) is 1. The number of fused-ring (bicyclic) bond motifs is 1. The van der Waals surface area contributed by atoms with Crippen LogP contribution in [0.25, 0.3) is 0 Å². The molecule has 0 spiro atoms. The topological polar surface area (TPSA) is 145 Å². The van der Waals surface area contributed by atoms with Crippen molar-refractivity contribution in [2.75, 3.05) is 30.2 Å². The smallest absolute Gasteiger partial charge is 0.418 e. The lowest BCUT2D eigenvalue weighted by atomic mass is 9.99. The number of carbonyl (C=O) groups is 3. The predicted octanol–water partition coefficient (Wildman–Crippen LogP) is 5.12. The molecule has 3 N–H and O–H groups in total. The van der Waals surface area contributed by atoms with E-state index in [1.165, 1.54) is 44.3 Å². The molecule has 1 heterocycles. The molecule has 1 aliphatic heterocycles. The van der Waals surface area contributed by atoms with Crippen molar-refractivity contribution in [3.63, 3.8) is 0 Å². The monoisotopic (exact) mass is 666 g/mol. The van der Waals surface area contributed by atoms with Crippen LogP contribution in [-0.2, 0) is 21.0 Å². The fourth-order valence-corrected chi connectivity index (χ4v) is 5.81. The average molecular weight is 667 g/mol. The van der Waals surface area contributed by atoms with E-state index in [2.05, 4.69) is 10.0 Å². The van der Waals surface area contributed by atoms with Gasteiger partial charge in [0.05, 0.1) is 33.9 Å². The Hall–Kier alpha value is -4.86. The van der Waals surface area contributed by atoms with E-state index in [1.54, 1.807) is 6.92 Å². The van der Waals surface area contributed by atoms with Gasteiger partial charge in [0.1, 0.15) is 18.0 Å². The van der Waals surface area contributed by atoms with Crippen LogP contribution < -0.4 is 14.8 Å². The number of nitrogens with zero attached hydrogens (tertiary/aromatic N) is 2. The first-order chi connectivity index (χ1) is 21.5. The lowest BCUT2D eigenvalue weighted by Gasteiger charge is -2.38. The summed E-state index contributed by atoms with van der Waals surface area (Å²) in [5, 5.41) is 12.0. The quantitative estimate of drug-likeness (QED) is 0.283. The second-order valence-electron chi connectivity index (χ2n) is 10.7. The zero-order valence-electron chi connectivity index (χ0n) is 24.7. The summed E-state index contributed by atoms with van der Waals surface area (Å²) in [4.78, 5) is 40.5. The number of rotatable bonds is 8. The Labute approximate surface area is 261 Å². The third-order valence-corrected chi connectivity index (χ3v) is 8.74. The van der Waals surface area contributed by atoms with E-state index in [0.29, 0.717) is 0 Å². The van der Waals surface area contributed by atoms with E-state index in [9.17, 15) is 45.5 Å². The Balaban J connectivity index is 1.71. The predicted molar refractivity (Wildman–Crippen MR) is 158 cm³/mol. The van der Waals surface area contributed by atoms with E-state index in [-0.39, 0.29) is 35.0 Å². The first kappa shape index (κ1) is 34.0. The van der Waals surface area contributed by atoms with Gasteiger partial charge in [-0.15, -0.1) is 0 Å². The minimum atomic E-state index is -4.74. The lowest BCUT2D eigenvalue weighted by Crippen LogP contribution is -2.51. The summed E-state index contributed by atoms with van der Waals surface area (Å²) in [5.41, 5.74) is -1.93. The van der Waals surface area contributed by atoms with Crippen LogP contribution in [0.2, 0.25) is 0 Å². The highest BCUT2D eigenvalue weighted by Crippen LogP contribution is 2.37. The summed E-state index contributed by atoms with van der Waals surface area (Å²) in [6.07, 6.45) is -5.77. The SMILES string of the molecule is C[C@@H]1CN([C@@H](C)C(=O)O)C(=O)c2cccc(NS(=O)(=O)c3ccc(F)cc3)c2O[C@@H]1CN(C)C(=O)Nc1ccccc1C(F)(F)F. The number of aliphatic carboxylic acids is 1. The Morgan fingerprint density at radius 2 is 1.70 bits per heavy atom. The van der Waals surface area contributed by atoms with Crippen LogP contribution in [0.15, 0.2) is 71.6 Å². The molecule has 0 aromatic heterocycles. The second-order valence-corrected chi connectivity index (χ2v) is 12.4. The lowest BCUT2D eigenvalue weighted by molar-refractivity contribution is -0.142. The molecule has 3 amide bonds. The number of sulfonamides is 1. The molecule has 0 saturated heterocycles. The van der Waals surface area contributed by atoms with Gasteiger partial charge in [-0.05, 0) is 55.5 Å². The van der Waals surface area contributed by atoms with Crippen LogP contribution in [0.5, 0.6) is 5.75 Å². The third kappa shape index (κ3) is 7.50. The maximum Gasteiger partial charge on any atom is 0.418 e. The van der Waals surface area contributed by atoms with Crippen molar-refractivity contribution in [2.45, 2.75) is 37.1 Å². The van der Waals surface area contributed by atoms with Crippen LogP contribution in [0.4, 0.5) is 33.7 Å². The normalized spacial score (nSPS) is 17.5. The van der Waals surface area contributed by atoms with Gasteiger partial charge in [-0.2, -0.15) is 13.2 Å². The van der Waals surface area contributed by atoms with Gasteiger partial charge in [-0.25, -0.2) is 22.4 Å². The van der Waals surface area contributed by atoms with Crippen molar-refractivity contribution in [3.05, 3.63) is 83.7 Å². The van der Waals surface area contributed by atoms with Gasteiger partial charge in [0.2, 0.25) is 0 Å². The summed E-state index contributed by atoms with van der Waals surface area (Å²) in [6, 6.07) is 10.1. The Kier molecular flexibility index (Phi) is 9.80. The van der Waals surface area contributed by atoms with Gasteiger partial charge >= 0.3 is 18.2 Å². The number of ether oxygens (including phenoxy) is 1. The third-order valence-electron chi connectivity index (χ3n) is 7.36. The van der Waals surface area contributed by atoms with E-state index >= 15 is 0 Å². The Morgan fingerprint density at radius 3 is 2.33 bits per heavy atom. The van der Waals surface area contributed by atoms with Gasteiger partial charge < -0.3 is 25.0 Å². The van der Waals surface area contributed by atoms with Gasteiger partial charge in [-0.1, -0.05) is 25.1 Å². The molecule has 4 rings (SSSR count). The van der Waals surface area contributed by atoms with E-state index in [0.717, 1.165) is 46.2 Å². The molecular formula is C30H30F4N4O7S. The molecule has 0 aliphatic carbocycles. The first-order valence-corrected chi connectivity index (χ1v) is 15.3. The number of halogens is 4. The Bertz CT molecular complexity index is 1740. The molecule has 0 fully saturated rings. The number of hydrogen-bond acceptors (Lipinski definition) is 6. The second kappa shape index (κ2) is 13.2. The molecule has 0 unspecified atom stereocenters. The van der Waals surface area contributed by atoms with E-state index in [4.69, 9.17) is 4.74 Å². The number of carbonyl (C=O) groups excluding carboxylic acids is 2. The number of benzene rings is 3. The number of likely N-dealkylation sites (N-methyl/N-ethyl adjacent to an activating group) is 1. The fraction of sp³-hybridized carbons (Fsp3) is 0.300. The van der Waals surface area contributed by atoms with E-state index < -0.39 is 69.2 Å².